The lowest BCUT2D eigenvalue weighted by atomic mass is 10.0. The van der Waals surface area contributed by atoms with Crippen molar-refractivity contribution in [2.45, 2.75) is 25.6 Å². The molecule has 2 aromatic rings. The summed E-state index contributed by atoms with van der Waals surface area (Å²) in [7, 11) is 0. The fourth-order valence-electron chi connectivity index (χ4n) is 2.28. The molecule has 0 spiro atoms. The van der Waals surface area contributed by atoms with E-state index in [0.717, 1.165) is 5.56 Å². The van der Waals surface area contributed by atoms with Crippen molar-refractivity contribution in [2.24, 2.45) is 11.5 Å². The van der Waals surface area contributed by atoms with Crippen LogP contribution in [0.25, 0.3) is 0 Å². The molecule has 2 amide bonds. The molecule has 0 heterocycles. The first-order valence-corrected chi connectivity index (χ1v) is 8.01. The van der Waals surface area contributed by atoms with E-state index in [2.05, 4.69) is 4.74 Å². The average Bonchev–Trinajstić information content (AvgIpc) is 2.64. The van der Waals surface area contributed by atoms with E-state index in [1.807, 2.05) is 30.3 Å². The van der Waals surface area contributed by atoms with Crippen molar-refractivity contribution in [1.29, 1.82) is 0 Å². The minimum Gasteiger partial charge on any atom is -0.489 e. The van der Waals surface area contributed by atoms with Gasteiger partial charge in [0.1, 0.15) is 12.4 Å². The zero-order valence-corrected chi connectivity index (χ0v) is 14.1. The van der Waals surface area contributed by atoms with Crippen LogP contribution in [-0.2, 0) is 16.1 Å². The zero-order valence-electron chi connectivity index (χ0n) is 14.1. The highest BCUT2D eigenvalue weighted by Crippen LogP contribution is 2.16. The highest BCUT2D eigenvalue weighted by Gasteiger charge is 2.20. The van der Waals surface area contributed by atoms with Crippen molar-refractivity contribution in [3.8, 4) is 5.75 Å². The number of carbonyl (C=O) groups is 3. The number of benzene rings is 2. The molecule has 26 heavy (non-hydrogen) atoms. The second-order valence-corrected chi connectivity index (χ2v) is 5.59. The minimum absolute atomic E-state index is 0.00882. The number of amides is 2. The molecule has 1 atom stereocenters. The maximum atomic E-state index is 12.2. The van der Waals surface area contributed by atoms with Gasteiger partial charge in [0.15, 0.2) is 11.9 Å². The van der Waals surface area contributed by atoms with Gasteiger partial charge in [0.25, 0.3) is 5.91 Å². The van der Waals surface area contributed by atoms with Gasteiger partial charge in [0, 0.05) is 18.4 Å². The van der Waals surface area contributed by atoms with Gasteiger partial charge < -0.3 is 20.9 Å². The first-order chi connectivity index (χ1) is 12.5. The summed E-state index contributed by atoms with van der Waals surface area (Å²) in [4.78, 5) is 34.1. The fraction of sp³-hybridized carbons (Fsp3) is 0.211. The molecule has 7 nitrogen and oxygen atoms in total. The number of nitrogens with two attached hydrogens (primary N) is 2. The van der Waals surface area contributed by atoms with Crippen LogP contribution in [0.4, 0.5) is 4.79 Å². The summed E-state index contributed by atoms with van der Waals surface area (Å²) in [6.45, 7) is 0.429. The number of carbonyl (C=O) groups excluding carboxylic acids is 3. The van der Waals surface area contributed by atoms with Gasteiger partial charge in [-0.2, -0.15) is 0 Å². The maximum absolute atomic E-state index is 12.2. The van der Waals surface area contributed by atoms with Crippen molar-refractivity contribution in [2.75, 3.05) is 0 Å². The Morgan fingerprint density at radius 1 is 0.923 bits per heavy atom. The molecule has 136 valence electrons. The van der Waals surface area contributed by atoms with Crippen molar-refractivity contribution in [3.05, 3.63) is 65.7 Å². The third-order valence-electron chi connectivity index (χ3n) is 3.63. The highest BCUT2D eigenvalue weighted by molar-refractivity contribution is 5.96. The first-order valence-electron chi connectivity index (χ1n) is 8.01. The quantitative estimate of drug-likeness (QED) is 0.667. The Hall–Kier alpha value is -3.35. The maximum Gasteiger partial charge on any atom is 0.405 e. The Balaban J connectivity index is 1.87. The van der Waals surface area contributed by atoms with E-state index in [-0.39, 0.29) is 18.6 Å². The van der Waals surface area contributed by atoms with Gasteiger partial charge in [-0.3, -0.25) is 9.59 Å². The molecule has 0 bridgehead atoms. The molecule has 7 heteroatoms. The average molecular weight is 356 g/mol. The number of ether oxygens (including phenoxy) is 2. The van der Waals surface area contributed by atoms with E-state index in [1.54, 1.807) is 24.3 Å². The zero-order chi connectivity index (χ0) is 18.9. The van der Waals surface area contributed by atoms with Crippen molar-refractivity contribution in [3.63, 3.8) is 0 Å². The number of rotatable bonds is 9. The normalized spacial score (nSPS) is 11.4. The molecule has 1 unspecified atom stereocenters. The molecule has 2 aromatic carbocycles. The van der Waals surface area contributed by atoms with E-state index in [1.165, 1.54) is 0 Å². The van der Waals surface area contributed by atoms with Gasteiger partial charge in [0.05, 0.1) is 0 Å². The Morgan fingerprint density at radius 3 is 2.15 bits per heavy atom. The Kier molecular flexibility index (Phi) is 6.73. The van der Waals surface area contributed by atoms with Crippen LogP contribution in [0.5, 0.6) is 5.75 Å². The van der Waals surface area contributed by atoms with E-state index in [4.69, 9.17) is 16.2 Å². The van der Waals surface area contributed by atoms with Gasteiger partial charge in [-0.05, 0) is 29.8 Å². The SMILES string of the molecule is NC(=O)OC(CCC(=O)c1ccc(OCc2ccccc2)cc1)C(N)=O. The predicted molar refractivity (Wildman–Crippen MR) is 94.4 cm³/mol. The van der Waals surface area contributed by atoms with Crippen LogP contribution < -0.4 is 16.2 Å². The number of Topliss-reactive ketones (excluding diaryl/α,β-unsaturated/α-hetero) is 1. The summed E-state index contributed by atoms with van der Waals surface area (Å²) in [6, 6.07) is 16.4. The van der Waals surface area contributed by atoms with E-state index in [0.29, 0.717) is 17.9 Å². The Bertz CT molecular complexity index is 759. The second kappa shape index (κ2) is 9.22. The van der Waals surface area contributed by atoms with Gasteiger partial charge in [0.2, 0.25) is 0 Å². The van der Waals surface area contributed by atoms with Gasteiger partial charge >= 0.3 is 6.09 Å². The Morgan fingerprint density at radius 2 is 1.58 bits per heavy atom. The second-order valence-electron chi connectivity index (χ2n) is 5.59. The summed E-state index contributed by atoms with van der Waals surface area (Å²) >= 11 is 0. The third kappa shape index (κ3) is 5.94. The molecule has 0 fully saturated rings. The van der Waals surface area contributed by atoms with Gasteiger partial charge in [-0.15, -0.1) is 0 Å². The van der Waals surface area contributed by atoms with Crippen LogP contribution in [0.15, 0.2) is 54.6 Å². The summed E-state index contributed by atoms with van der Waals surface area (Å²) in [5.41, 5.74) is 11.5. The fourth-order valence-corrected chi connectivity index (χ4v) is 2.28. The number of hydrogen-bond donors (Lipinski definition) is 2. The van der Waals surface area contributed by atoms with Crippen molar-refractivity contribution < 1.29 is 23.9 Å². The molecule has 0 saturated heterocycles. The van der Waals surface area contributed by atoms with Gasteiger partial charge in [-0.25, -0.2) is 4.79 Å². The lowest BCUT2D eigenvalue weighted by Gasteiger charge is -2.12. The van der Waals surface area contributed by atoms with Crippen LogP contribution >= 0.6 is 0 Å². The number of ketones is 1. The molecule has 0 aliphatic rings. The molecule has 0 aliphatic carbocycles. The van der Waals surface area contributed by atoms with E-state index >= 15 is 0 Å². The largest absolute Gasteiger partial charge is 0.489 e. The van der Waals surface area contributed by atoms with Crippen LogP contribution in [0.3, 0.4) is 0 Å². The molecule has 0 aromatic heterocycles. The standard InChI is InChI=1S/C19H20N2O5/c20-18(23)17(26-19(21)24)11-10-16(22)14-6-8-15(9-7-14)25-12-13-4-2-1-3-5-13/h1-9,17H,10-12H2,(H2,20,23)(H2,21,24). The minimum atomic E-state index is -1.22. The lowest BCUT2D eigenvalue weighted by molar-refractivity contribution is -0.126. The summed E-state index contributed by atoms with van der Waals surface area (Å²) < 4.78 is 10.2. The monoisotopic (exact) mass is 356 g/mol. The van der Waals surface area contributed by atoms with Gasteiger partial charge in [-0.1, -0.05) is 30.3 Å². The van der Waals surface area contributed by atoms with Crippen molar-refractivity contribution >= 4 is 17.8 Å². The summed E-state index contributed by atoms with van der Waals surface area (Å²) in [6.07, 6.45) is -2.36. The van der Waals surface area contributed by atoms with Crippen LogP contribution in [-0.4, -0.2) is 23.9 Å². The molecular formula is C19H20N2O5. The third-order valence-corrected chi connectivity index (χ3v) is 3.63. The molecule has 0 aliphatic heterocycles. The number of hydrogen-bond acceptors (Lipinski definition) is 5. The molecule has 2 rings (SSSR count). The summed E-state index contributed by atoms with van der Waals surface area (Å²) in [5, 5.41) is 0. The number of primary amides is 2. The lowest BCUT2D eigenvalue weighted by Crippen LogP contribution is -2.35. The molecule has 4 N–H and O–H groups in total. The Labute approximate surface area is 150 Å². The van der Waals surface area contributed by atoms with Crippen LogP contribution in [0.1, 0.15) is 28.8 Å². The molecule has 0 saturated carbocycles. The first kappa shape index (κ1) is 19.0. The van der Waals surface area contributed by atoms with E-state index in [9.17, 15) is 14.4 Å². The summed E-state index contributed by atoms with van der Waals surface area (Å²) in [5.74, 6) is -0.419. The van der Waals surface area contributed by atoms with Crippen LogP contribution in [0.2, 0.25) is 0 Å². The van der Waals surface area contributed by atoms with Crippen molar-refractivity contribution in [1.82, 2.24) is 0 Å². The predicted octanol–water partition coefficient (Wildman–Crippen LogP) is 2.18. The molecular weight excluding hydrogens is 336 g/mol. The highest BCUT2D eigenvalue weighted by atomic mass is 16.6. The topological polar surface area (TPSA) is 122 Å². The van der Waals surface area contributed by atoms with Crippen LogP contribution in [0, 0.1) is 0 Å². The molecule has 0 radical (unpaired) electrons. The smallest absolute Gasteiger partial charge is 0.405 e. The van der Waals surface area contributed by atoms with E-state index < -0.39 is 18.1 Å².